The maximum atomic E-state index is 13.3. The second-order valence-corrected chi connectivity index (χ2v) is 6.02. The quantitative estimate of drug-likeness (QED) is 0.895. The van der Waals surface area contributed by atoms with Crippen LogP contribution in [0.15, 0.2) is 24.3 Å². The first-order valence-electron chi connectivity index (χ1n) is 6.98. The molecule has 0 aliphatic heterocycles. The molecule has 1 aliphatic carbocycles. The molecule has 0 unspecified atom stereocenters. The number of halogens is 2. The third-order valence-corrected chi connectivity index (χ3v) is 4.37. The van der Waals surface area contributed by atoms with E-state index in [0.29, 0.717) is 11.5 Å². The average Bonchev–Trinajstić information content (AvgIpc) is 2.39. The number of carbonyl (C=O) groups is 1. The Morgan fingerprint density at radius 1 is 1.10 bits per heavy atom. The Morgan fingerprint density at radius 3 is 2.00 bits per heavy atom. The first-order chi connectivity index (χ1) is 9.27. The predicted molar refractivity (Wildman–Crippen MR) is 73.3 cm³/mol. The Kier molecular flexibility index (Phi) is 3.85. The molecule has 1 aliphatic rings. The first-order valence-corrected chi connectivity index (χ1v) is 6.98. The molecule has 2 nitrogen and oxygen atoms in total. The maximum Gasteiger partial charge on any atom is 0.314 e. The molecule has 110 valence electrons. The molecule has 0 heterocycles. The number of hydrogen-bond donors (Lipinski definition) is 1. The summed E-state index contributed by atoms with van der Waals surface area (Å²) in [5.74, 6) is -3.36. The van der Waals surface area contributed by atoms with Crippen molar-refractivity contribution in [3.05, 3.63) is 35.4 Å². The minimum atomic E-state index is -2.73. The van der Waals surface area contributed by atoms with Crippen LogP contribution in [0.4, 0.5) is 8.78 Å². The van der Waals surface area contributed by atoms with Crippen molar-refractivity contribution in [3.63, 3.8) is 0 Å². The van der Waals surface area contributed by atoms with E-state index in [2.05, 4.69) is 13.8 Å². The molecule has 1 aromatic carbocycles. The van der Waals surface area contributed by atoms with Crippen LogP contribution < -0.4 is 0 Å². The second-order valence-electron chi connectivity index (χ2n) is 6.02. The van der Waals surface area contributed by atoms with Crippen LogP contribution in [-0.4, -0.2) is 17.0 Å². The Morgan fingerprint density at radius 2 is 1.60 bits per heavy atom. The van der Waals surface area contributed by atoms with Gasteiger partial charge in [0.25, 0.3) is 0 Å². The van der Waals surface area contributed by atoms with Crippen LogP contribution in [0, 0.1) is 0 Å². The summed E-state index contributed by atoms with van der Waals surface area (Å²) in [7, 11) is 0. The van der Waals surface area contributed by atoms with Gasteiger partial charge in [0.05, 0.1) is 5.41 Å². The van der Waals surface area contributed by atoms with E-state index in [0.717, 1.165) is 5.56 Å². The summed E-state index contributed by atoms with van der Waals surface area (Å²) in [5.41, 5.74) is 0.609. The van der Waals surface area contributed by atoms with Gasteiger partial charge in [-0.25, -0.2) is 8.78 Å². The number of carboxylic acid groups (broad SMARTS) is 1. The van der Waals surface area contributed by atoms with Gasteiger partial charge in [-0.2, -0.15) is 0 Å². The maximum absolute atomic E-state index is 13.3. The Hall–Kier alpha value is -1.45. The van der Waals surface area contributed by atoms with Gasteiger partial charge in [0.1, 0.15) is 0 Å². The lowest BCUT2D eigenvalue weighted by Gasteiger charge is -2.37. The van der Waals surface area contributed by atoms with Crippen molar-refractivity contribution in [3.8, 4) is 0 Å². The third kappa shape index (κ3) is 2.69. The summed E-state index contributed by atoms with van der Waals surface area (Å²) in [4.78, 5) is 11.7. The van der Waals surface area contributed by atoms with Crippen LogP contribution >= 0.6 is 0 Å². The van der Waals surface area contributed by atoms with Gasteiger partial charge in [-0.05, 0) is 29.9 Å². The van der Waals surface area contributed by atoms with Gasteiger partial charge >= 0.3 is 5.97 Å². The molecule has 0 bridgehead atoms. The lowest BCUT2D eigenvalue weighted by Crippen LogP contribution is -2.42. The predicted octanol–water partition coefficient (Wildman–Crippen LogP) is 4.34. The van der Waals surface area contributed by atoms with E-state index in [-0.39, 0.29) is 25.7 Å². The summed E-state index contributed by atoms with van der Waals surface area (Å²) in [6.07, 6.45) is -0.719. The number of alkyl halides is 2. The summed E-state index contributed by atoms with van der Waals surface area (Å²) in [5, 5.41) is 9.55. The smallest absolute Gasteiger partial charge is 0.314 e. The Balaban J connectivity index is 2.32. The van der Waals surface area contributed by atoms with Crippen molar-refractivity contribution in [2.75, 3.05) is 0 Å². The zero-order valence-electron chi connectivity index (χ0n) is 11.8. The van der Waals surface area contributed by atoms with E-state index in [4.69, 9.17) is 0 Å². The molecule has 4 heteroatoms. The minimum Gasteiger partial charge on any atom is -0.481 e. The Labute approximate surface area is 117 Å². The summed E-state index contributed by atoms with van der Waals surface area (Å²) in [6, 6.07) is 7.37. The van der Waals surface area contributed by atoms with Crippen LogP contribution in [0.25, 0.3) is 0 Å². The van der Waals surface area contributed by atoms with Crippen LogP contribution in [0.5, 0.6) is 0 Å². The second kappa shape index (κ2) is 5.15. The van der Waals surface area contributed by atoms with Crippen LogP contribution in [0.3, 0.4) is 0 Å². The standard InChI is InChI=1S/C16H20F2O2/c1-11(2)12-3-5-13(6-4-12)15(14(19)20)7-9-16(17,18)10-8-15/h3-6,11H,7-10H2,1-2H3,(H,19,20). The fourth-order valence-corrected chi connectivity index (χ4v) is 2.86. The van der Waals surface area contributed by atoms with E-state index in [1.54, 1.807) is 12.1 Å². The molecule has 1 fully saturated rings. The molecule has 1 aromatic rings. The summed E-state index contributed by atoms with van der Waals surface area (Å²) in [6.45, 7) is 4.12. The van der Waals surface area contributed by atoms with Crippen LogP contribution in [-0.2, 0) is 10.2 Å². The monoisotopic (exact) mass is 282 g/mol. The fourth-order valence-electron chi connectivity index (χ4n) is 2.86. The molecule has 1 N–H and O–H groups in total. The van der Waals surface area contributed by atoms with Crippen LogP contribution in [0.1, 0.15) is 56.6 Å². The van der Waals surface area contributed by atoms with Crippen molar-refractivity contribution < 1.29 is 18.7 Å². The van der Waals surface area contributed by atoms with Crippen LogP contribution in [0.2, 0.25) is 0 Å². The molecule has 0 atom stereocenters. The van der Waals surface area contributed by atoms with E-state index >= 15 is 0 Å². The summed E-state index contributed by atoms with van der Waals surface area (Å²) >= 11 is 0. The van der Waals surface area contributed by atoms with Crippen molar-refractivity contribution in [2.24, 2.45) is 0 Å². The molecule has 20 heavy (non-hydrogen) atoms. The van der Waals surface area contributed by atoms with Gasteiger partial charge in [-0.3, -0.25) is 4.79 Å². The molecular formula is C16H20F2O2. The Bertz CT molecular complexity index is 482. The topological polar surface area (TPSA) is 37.3 Å². The van der Waals surface area contributed by atoms with Crippen molar-refractivity contribution in [2.45, 2.75) is 56.8 Å². The average molecular weight is 282 g/mol. The highest BCUT2D eigenvalue weighted by molar-refractivity contribution is 5.81. The van der Waals surface area contributed by atoms with Gasteiger partial charge < -0.3 is 5.11 Å². The minimum absolute atomic E-state index is 0.00361. The molecule has 2 rings (SSSR count). The number of aliphatic carboxylic acids is 1. The molecule has 0 amide bonds. The number of hydrogen-bond acceptors (Lipinski definition) is 1. The lowest BCUT2D eigenvalue weighted by molar-refractivity contribution is -0.149. The SMILES string of the molecule is CC(C)c1ccc(C2(C(=O)O)CCC(F)(F)CC2)cc1. The van der Waals surface area contributed by atoms with Gasteiger partial charge in [-0.15, -0.1) is 0 Å². The highest BCUT2D eigenvalue weighted by atomic mass is 19.3. The van der Waals surface area contributed by atoms with Crippen molar-refractivity contribution >= 4 is 5.97 Å². The number of rotatable bonds is 3. The molecule has 0 spiro atoms. The zero-order chi connectivity index (χ0) is 15.0. The largest absolute Gasteiger partial charge is 0.481 e. The van der Waals surface area contributed by atoms with Crippen molar-refractivity contribution in [1.82, 2.24) is 0 Å². The normalized spacial score (nSPS) is 20.9. The third-order valence-electron chi connectivity index (χ3n) is 4.37. The highest BCUT2D eigenvalue weighted by Gasteiger charge is 2.48. The van der Waals surface area contributed by atoms with E-state index in [1.807, 2.05) is 12.1 Å². The van der Waals surface area contributed by atoms with E-state index < -0.39 is 17.3 Å². The molecular weight excluding hydrogens is 262 g/mol. The van der Waals surface area contributed by atoms with Gasteiger partial charge in [0, 0.05) is 12.8 Å². The van der Waals surface area contributed by atoms with Gasteiger partial charge in [-0.1, -0.05) is 38.1 Å². The molecule has 1 saturated carbocycles. The highest BCUT2D eigenvalue weighted by Crippen LogP contribution is 2.45. The lowest BCUT2D eigenvalue weighted by atomic mass is 9.68. The molecule has 0 aromatic heterocycles. The molecule has 0 radical (unpaired) electrons. The molecule has 0 saturated heterocycles. The summed E-state index contributed by atoms with van der Waals surface area (Å²) < 4.78 is 26.6. The van der Waals surface area contributed by atoms with E-state index in [1.165, 1.54) is 0 Å². The van der Waals surface area contributed by atoms with E-state index in [9.17, 15) is 18.7 Å². The number of carboxylic acids is 1. The zero-order valence-corrected chi connectivity index (χ0v) is 11.8. The first kappa shape index (κ1) is 14.9. The number of benzene rings is 1. The van der Waals surface area contributed by atoms with Gasteiger partial charge in [0.2, 0.25) is 5.92 Å². The van der Waals surface area contributed by atoms with Crippen molar-refractivity contribution in [1.29, 1.82) is 0 Å². The fraction of sp³-hybridized carbons (Fsp3) is 0.562. The van der Waals surface area contributed by atoms with Gasteiger partial charge in [0.15, 0.2) is 0 Å².